The minimum absolute atomic E-state index is 0.0467. The molecule has 0 aliphatic rings. The van der Waals surface area contributed by atoms with Gasteiger partial charge in [0.15, 0.2) is 0 Å². The van der Waals surface area contributed by atoms with Gasteiger partial charge in [-0.2, -0.15) is 0 Å². The molecular formula is C12H8ClFN2O2. The van der Waals surface area contributed by atoms with E-state index in [4.69, 9.17) is 16.7 Å². The average Bonchev–Trinajstić information content (AvgIpc) is 2.27. The van der Waals surface area contributed by atoms with Crippen LogP contribution < -0.4 is 5.32 Å². The molecule has 1 aromatic heterocycles. The Balaban J connectivity index is 2.37. The molecule has 0 aliphatic heterocycles. The summed E-state index contributed by atoms with van der Waals surface area (Å²) in [5.41, 5.74) is 0.674. The summed E-state index contributed by atoms with van der Waals surface area (Å²) in [6, 6.07) is 5.22. The molecule has 0 saturated carbocycles. The molecule has 0 aliphatic carbocycles. The van der Waals surface area contributed by atoms with Crippen LogP contribution in [0.5, 0.6) is 0 Å². The van der Waals surface area contributed by atoms with Gasteiger partial charge in [0.1, 0.15) is 5.82 Å². The van der Waals surface area contributed by atoms with E-state index < -0.39 is 11.8 Å². The van der Waals surface area contributed by atoms with E-state index in [-0.39, 0.29) is 16.3 Å². The molecular weight excluding hydrogens is 259 g/mol. The highest BCUT2D eigenvalue weighted by Crippen LogP contribution is 2.23. The van der Waals surface area contributed by atoms with Gasteiger partial charge in [-0.25, -0.2) is 9.18 Å². The fourth-order valence-electron chi connectivity index (χ4n) is 1.46. The fourth-order valence-corrected chi connectivity index (χ4v) is 1.68. The molecule has 1 aromatic carbocycles. The zero-order valence-corrected chi connectivity index (χ0v) is 9.78. The van der Waals surface area contributed by atoms with Gasteiger partial charge in [-0.15, -0.1) is 0 Å². The first-order chi connectivity index (χ1) is 8.56. The van der Waals surface area contributed by atoms with Gasteiger partial charge in [0.2, 0.25) is 0 Å². The van der Waals surface area contributed by atoms with Crippen LogP contribution in [0.25, 0.3) is 0 Å². The van der Waals surface area contributed by atoms with Crippen molar-refractivity contribution in [2.75, 3.05) is 5.32 Å². The minimum atomic E-state index is -1.10. The predicted molar refractivity (Wildman–Crippen MR) is 65.9 cm³/mol. The highest BCUT2D eigenvalue weighted by atomic mass is 35.5. The molecule has 0 atom stereocenters. The molecule has 0 saturated heterocycles. The van der Waals surface area contributed by atoms with Crippen molar-refractivity contribution in [2.45, 2.75) is 0 Å². The van der Waals surface area contributed by atoms with Crippen molar-refractivity contribution >= 4 is 28.9 Å². The molecule has 0 fully saturated rings. The number of nitrogens with one attached hydrogen (secondary N) is 1. The van der Waals surface area contributed by atoms with Crippen LogP contribution in [0.3, 0.4) is 0 Å². The van der Waals surface area contributed by atoms with Crippen LogP contribution in [0.15, 0.2) is 36.7 Å². The number of carbonyl (C=O) groups is 1. The summed E-state index contributed by atoms with van der Waals surface area (Å²) in [4.78, 5) is 14.8. The van der Waals surface area contributed by atoms with Crippen LogP contribution in [0, 0.1) is 5.82 Å². The maximum absolute atomic E-state index is 13.1. The Bertz CT molecular complexity index is 584. The molecule has 0 unspecified atom stereocenters. The van der Waals surface area contributed by atoms with E-state index in [1.54, 1.807) is 0 Å². The second-order valence-corrected chi connectivity index (χ2v) is 3.95. The van der Waals surface area contributed by atoms with E-state index in [9.17, 15) is 9.18 Å². The first kappa shape index (κ1) is 12.3. The summed E-state index contributed by atoms with van der Waals surface area (Å²) in [6.07, 6.45) is 2.72. The Morgan fingerprint density at radius 1 is 1.39 bits per heavy atom. The first-order valence-electron chi connectivity index (χ1n) is 4.96. The molecule has 18 heavy (non-hydrogen) atoms. The first-order valence-corrected chi connectivity index (χ1v) is 5.34. The number of hydrogen-bond acceptors (Lipinski definition) is 3. The maximum Gasteiger partial charge on any atom is 0.337 e. The normalized spacial score (nSPS) is 10.1. The van der Waals surface area contributed by atoms with Crippen LogP contribution in [-0.2, 0) is 0 Å². The van der Waals surface area contributed by atoms with Crippen molar-refractivity contribution in [2.24, 2.45) is 0 Å². The summed E-state index contributed by atoms with van der Waals surface area (Å²) in [7, 11) is 0. The number of aromatic carboxylic acids is 1. The lowest BCUT2D eigenvalue weighted by molar-refractivity contribution is 0.0698. The highest BCUT2D eigenvalue weighted by Gasteiger charge is 2.10. The van der Waals surface area contributed by atoms with Gasteiger partial charge in [-0.1, -0.05) is 11.6 Å². The van der Waals surface area contributed by atoms with Gasteiger partial charge >= 0.3 is 5.97 Å². The zero-order chi connectivity index (χ0) is 13.1. The lowest BCUT2D eigenvalue weighted by Gasteiger charge is -2.09. The molecule has 4 nitrogen and oxygen atoms in total. The standard InChI is InChI=1S/C12H8ClFN2O2/c13-7-3-8(14)5-9(4-7)16-11-6-15-2-1-10(11)12(17)18/h1-6,16H,(H,17,18). The summed E-state index contributed by atoms with van der Waals surface area (Å²) < 4.78 is 13.1. The van der Waals surface area contributed by atoms with Crippen molar-refractivity contribution in [3.05, 3.63) is 53.1 Å². The van der Waals surface area contributed by atoms with Crippen molar-refractivity contribution < 1.29 is 14.3 Å². The number of aromatic nitrogens is 1. The average molecular weight is 267 g/mol. The molecule has 1 heterocycles. The Hall–Kier alpha value is -2.14. The number of halogens is 2. The molecule has 0 amide bonds. The van der Waals surface area contributed by atoms with Crippen molar-refractivity contribution in [1.29, 1.82) is 0 Å². The number of hydrogen-bond donors (Lipinski definition) is 2. The summed E-state index contributed by atoms with van der Waals surface area (Å²) in [5, 5.41) is 12.0. The van der Waals surface area contributed by atoms with Crippen LogP contribution >= 0.6 is 11.6 Å². The van der Waals surface area contributed by atoms with Crippen LogP contribution in [-0.4, -0.2) is 16.1 Å². The van der Waals surface area contributed by atoms with E-state index in [0.29, 0.717) is 5.69 Å². The molecule has 6 heteroatoms. The van der Waals surface area contributed by atoms with Gasteiger partial charge in [0, 0.05) is 16.9 Å². The van der Waals surface area contributed by atoms with E-state index >= 15 is 0 Å². The van der Waals surface area contributed by atoms with Crippen LogP contribution in [0.2, 0.25) is 5.02 Å². The second-order valence-electron chi connectivity index (χ2n) is 3.51. The van der Waals surface area contributed by atoms with E-state index in [1.807, 2.05) is 0 Å². The number of rotatable bonds is 3. The van der Waals surface area contributed by atoms with Gasteiger partial charge in [-0.05, 0) is 24.3 Å². The van der Waals surface area contributed by atoms with Gasteiger partial charge < -0.3 is 10.4 Å². The highest BCUT2D eigenvalue weighted by molar-refractivity contribution is 6.30. The number of carboxylic acid groups (broad SMARTS) is 1. The summed E-state index contributed by atoms with van der Waals surface area (Å²) >= 11 is 5.71. The molecule has 0 radical (unpaired) electrons. The minimum Gasteiger partial charge on any atom is -0.478 e. The monoisotopic (exact) mass is 266 g/mol. The Labute approximate surface area is 107 Å². The third-order valence-electron chi connectivity index (χ3n) is 2.19. The number of pyridine rings is 1. The van der Waals surface area contributed by atoms with Gasteiger partial charge in [0.05, 0.1) is 17.4 Å². The number of nitrogens with zero attached hydrogens (tertiary/aromatic N) is 1. The lowest BCUT2D eigenvalue weighted by atomic mass is 10.2. The Kier molecular flexibility index (Phi) is 3.43. The van der Waals surface area contributed by atoms with E-state index in [2.05, 4.69) is 10.3 Å². The quantitative estimate of drug-likeness (QED) is 0.895. The molecule has 92 valence electrons. The third-order valence-corrected chi connectivity index (χ3v) is 2.41. The Morgan fingerprint density at radius 2 is 2.17 bits per heavy atom. The van der Waals surface area contributed by atoms with Crippen molar-refractivity contribution in [3.63, 3.8) is 0 Å². The molecule has 0 bridgehead atoms. The van der Waals surface area contributed by atoms with E-state index in [0.717, 1.165) is 6.07 Å². The SMILES string of the molecule is O=C(O)c1ccncc1Nc1cc(F)cc(Cl)c1. The largest absolute Gasteiger partial charge is 0.478 e. The second kappa shape index (κ2) is 5.01. The van der Waals surface area contributed by atoms with Gasteiger partial charge in [0.25, 0.3) is 0 Å². The van der Waals surface area contributed by atoms with Gasteiger partial charge in [-0.3, -0.25) is 4.98 Å². The molecule has 0 spiro atoms. The summed E-state index contributed by atoms with van der Waals surface area (Å²) in [5.74, 6) is -1.60. The topological polar surface area (TPSA) is 62.2 Å². The third kappa shape index (κ3) is 2.75. The predicted octanol–water partition coefficient (Wildman–Crippen LogP) is 3.32. The van der Waals surface area contributed by atoms with E-state index in [1.165, 1.54) is 30.6 Å². The van der Waals surface area contributed by atoms with Crippen LogP contribution in [0.1, 0.15) is 10.4 Å². The molecule has 2 aromatic rings. The smallest absolute Gasteiger partial charge is 0.337 e. The molecule has 2 rings (SSSR count). The molecule has 2 N–H and O–H groups in total. The zero-order valence-electron chi connectivity index (χ0n) is 9.02. The Morgan fingerprint density at radius 3 is 2.83 bits per heavy atom. The number of carboxylic acids is 1. The number of benzene rings is 1. The number of anilines is 2. The van der Waals surface area contributed by atoms with Crippen LogP contribution in [0.4, 0.5) is 15.8 Å². The fraction of sp³-hybridized carbons (Fsp3) is 0. The lowest BCUT2D eigenvalue weighted by Crippen LogP contribution is -2.03. The summed E-state index contributed by atoms with van der Waals surface area (Å²) in [6.45, 7) is 0. The maximum atomic E-state index is 13.1. The van der Waals surface area contributed by atoms with Crippen molar-refractivity contribution in [1.82, 2.24) is 4.98 Å². The van der Waals surface area contributed by atoms with Crippen molar-refractivity contribution in [3.8, 4) is 0 Å².